The number of hydrogen-bond acceptors (Lipinski definition) is 4. The van der Waals surface area contributed by atoms with Crippen molar-refractivity contribution in [2.24, 2.45) is 0 Å². The molecule has 0 saturated heterocycles. The minimum absolute atomic E-state index is 0.0442. The lowest BCUT2D eigenvalue weighted by Crippen LogP contribution is -1.97. The molecule has 2 aromatic rings. The molecular weight excluding hydrogens is 266 g/mol. The smallest absolute Gasteiger partial charge is 0.189 e. The van der Waals surface area contributed by atoms with Crippen LogP contribution < -0.4 is 9.47 Å². The molecule has 0 aliphatic heterocycles. The molecule has 0 radical (unpaired) electrons. The van der Waals surface area contributed by atoms with E-state index in [9.17, 15) is 4.79 Å². The van der Waals surface area contributed by atoms with Crippen LogP contribution in [0.25, 0.3) is 6.08 Å². The van der Waals surface area contributed by atoms with E-state index in [0.717, 1.165) is 16.7 Å². The molecule has 106 valence electrons. The maximum absolute atomic E-state index is 12.5. The Morgan fingerprint density at radius 1 is 1.10 bits per heavy atom. The number of ketones is 1. The van der Waals surface area contributed by atoms with E-state index in [-0.39, 0.29) is 5.78 Å². The first kappa shape index (κ1) is 13.4. The van der Waals surface area contributed by atoms with E-state index in [1.807, 2.05) is 24.3 Å². The fraction of sp³-hybridized carbons (Fsp3) is 0.176. The average molecular weight is 281 g/mol. The van der Waals surface area contributed by atoms with Gasteiger partial charge in [0.25, 0.3) is 0 Å². The quantitative estimate of drug-likeness (QED) is 0.812. The maximum atomic E-state index is 12.5. The summed E-state index contributed by atoms with van der Waals surface area (Å²) in [7, 11) is 3.16. The molecular formula is C17H15NO3. The third-order valence-electron chi connectivity index (χ3n) is 3.57. The van der Waals surface area contributed by atoms with Crippen molar-refractivity contribution in [3.8, 4) is 11.5 Å². The normalized spacial score (nSPS) is 15.1. The Morgan fingerprint density at radius 3 is 2.43 bits per heavy atom. The summed E-state index contributed by atoms with van der Waals surface area (Å²) in [5, 5.41) is 0. The molecule has 0 unspecified atom stereocenters. The molecule has 1 aliphatic rings. The highest BCUT2D eigenvalue weighted by atomic mass is 16.5. The predicted octanol–water partition coefficient (Wildman–Crippen LogP) is 2.92. The number of carbonyl (C=O) groups is 1. The van der Waals surface area contributed by atoms with Crippen LogP contribution in [0.3, 0.4) is 0 Å². The highest BCUT2D eigenvalue weighted by Gasteiger charge is 2.27. The number of rotatable bonds is 3. The number of hydrogen-bond donors (Lipinski definition) is 0. The fourth-order valence-electron chi connectivity index (χ4n) is 2.51. The zero-order valence-electron chi connectivity index (χ0n) is 11.9. The minimum Gasteiger partial charge on any atom is -0.493 e. The van der Waals surface area contributed by atoms with E-state index in [2.05, 4.69) is 4.98 Å². The van der Waals surface area contributed by atoms with Crippen molar-refractivity contribution in [1.29, 1.82) is 0 Å². The number of ether oxygens (including phenoxy) is 2. The van der Waals surface area contributed by atoms with Gasteiger partial charge in [-0.3, -0.25) is 9.78 Å². The van der Waals surface area contributed by atoms with Gasteiger partial charge in [0.05, 0.1) is 14.2 Å². The second kappa shape index (κ2) is 5.40. The molecule has 1 aromatic carbocycles. The first-order chi connectivity index (χ1) is 10.2. The average Bonchev–Trinajstić information content (AvgIpc) is 2.82. The van der Waals surface area contributed by atoms with Crippen LogP contribution in [0.15, 0.2) is 42.2 Å². The lowest BCUT2D eigenvalue weighted by atomic mass is 10.1. The van der Waals surface area contributed by atoms with E-state index in [4.69, 9.17) is 9.47 Å². The van der Waals surface area contributed by atoms with Gasteiger partial charge in [0, 0.05) is 30.0 Å². The van der Waals surface area contributed by atoms with Crippen LogP contribution in [0.5, 0.6) is 11.5 Å². The first-order valence-corrected chi connectivity index (χ1v) is 6.63. The van der Waals surface area contributed by atoms with Crippen molar-refractivity contribution in [2.75, 3.05) is 14.2 Å². The largest absolute Gasteiger partial charge is 0.493 e. The maximum Gasteiger partial charge on any atom is 0.189 e. The van der Waals surface area contributed by atoms with Crippen molar-refractivity contribution in [2.45, 2.75) is 6.42 Å². The Bertz CT molecular complexity index is 720. The van der Waals surface area contributed by atoms with Crippen LogP contribution in [-0.4, -0.2) is 25.0 Å². The van der Waals surface area contributed by atoms with E-state index in [1.54, 1.807) is 32.7 Å². The topological polar surface area (TPSA) is 48.4 Å². The lowest BCUT2D eigenvalue weighted by Gasteiger charge is -2.08. The van der Waals surface area contributed by atoms with Gasteiger partial charge in [-0.05, 0) is 41.5 Å². The highest BCUT2D eigenvalue weighted by Crippen LogP contribution is 2.36. The number of fused-ring (bicyclic) bond motifs is 1. The number of carbonyl (C=O) groups excluding carboxylic acids is 1. The molecule has 4 nitrogen and oxygen atoms in total. The SMILES string of the molecule is COc1cc2c(cc1OC)C(=O)/C(=C\c1ccncc1)C2. The summed E-state index contributed by atoms with van der Waals surface area (Å²) in [6.45, 7) is 0. The van der Waals surface area contributed by atoms with Gasteiger partial charge < -0.3 is 9.47 Å². The second-order valence-corrected chi connectivity index (χ2v) is 4.82. The molecule has 0 saturated carbocycles. The van der Waals surface area contributed by atoms with Gasteiger partial charge >= 0.3 is 0 Å². The van der Waals surface area contributed by atoms with Gasteiger partial charge in [-0.25, -0.2) is 0 Å². The standard InChI is InChI=1S/C17H15NO3/c1-20-15-9-12-8-13(7-11-3-5-18-6-4-11)17(19)14(12)10-16(15)21-2/h3-7,9-10H,8H2,1-2H3/b13-7-. The van der Waals surface area contributed by atoms with Gasteiger partial charge in [-0.15, -0.1) is 0 Å². The summed E-state index contributed by atoms with van der Waals surface area (Å²) in [4.78, 5) is 16.5. The number of aromatic nitrogens is 1. The van der Waals surface area contributed by atoms with Crippen LogP contribution in [-0.2, 0) is 6.42 Å². The van der Waals surface area contributed by atoms with Crippen LogP contribution in [0.2, 0.25) is 0 Å². The Balaban J connectivity index is 2.01. The number of benzene rings is 1. The zero-order valence-corrected chi connectivity index (χ0v) is 11.9. The Hall–Kier alpha value is -2.62. The summed E-state index contributed by atoms with van der Waals surface area (Å²) >= 11 is 0. The summed E-state index contributed by atoms with van der Waals surface area (Å²) in [5.41, 5.74) is 3.40. The number of allylic oxidation sites excluding steroid dienone is 1. The number of nitrogens with zero attached hydrogens (tertiary/aromatic N) is 1. The highest BCUT2D eigenvalue weighted by molar-refractivity contribution is 6.15. The molecule has 0 N–H and O–H groups in total. The molecule has 21 heavy (non-hydrogen) atoms. The van der Waals surface area contributed by atoms with E-state index in [1.165, 1.54) is 0 Å². The van der Waals surface area contributed by atoms with E-state index < -0.39 is 0 Å². The molecule has 1 aliphatic carbocycles. The van der Waals surface area contributed by atoms with Crippen molar-refractivity contribution < 1.29 is 14.3 Å². The molecule has 1 heterocycles. The monoisotopic (exact) mass is 281 g/mol. The van der Waals surface area contributed by atoms with Gasteiger partial charge in [-0.2, -0.15) is 0 Å². The summed E-state index contributed by atoms with van der Waals surface area (Å²) in [6, 6.07) is 7.39. The van der Waals surface area contributed by atoms with Crippen molar-refractivity contribution in [1.82, 2.24) is 4.98 Å². The molecule has 3 rings (SSSR count). The Labute approximate surface area is 123 Å². The van der Waals surface area contributed by atoms with Gasteiger partial charge in [0.1, 0.15) is 0 Å². The van der Waals surface area contributed by atoms with Crippen LogP contribution >= 0.6 is 0 Å². The summed E-state index contributed by atoms with van der Waals surface area (Å²) < 4.78 is 10.5. The van der Waals surface area contributed by atoms with Gasteiger partial charge in [0.15, 0.2) is 17.3 Å². The zero-order chi connectivity index (χ0) is 14.8. The summed E-state index contributed by atoms with van der Waals surface area (Å²) in [6.07, 6.45) is 5.94. The third kappa shape index (κ3) is 2.40. The Kier molecular flexibility index (Phi) is 3.44. The second-order valence-electron chi connectivity index (χ2n) is 4.82. The molecule has 0 fully saturated rings. The lowest BCUT2D eigenvalue weighted by molar-refractivity contribution is 0.104. The van der Waals surface area contributed by atoms with Gasteiger partial charge in [-0.1, -0.05) is 0 Å². The van der Waals surface area contributed by atoms with Crippen molar-refractivity contribution in [3.05, 3.63) is 58.9 Å². The van der Waals surface area contributed by atoms with E-state index in [0.29, 0.717) is 23.5 Å². The third-order valence-corrected chi connectivity index (χ3v) is 3.57. The van der Waals surface area contributed by atoms with Crippen LogP contribution in [0, 0.1) is 0 Å². The number of Topliss-reactive ketones (excluding diaryl/α,β-unsaturated/α-hetero) is 1. The first-order valence-electron chi connectivity index (χ1n) is 6.63. The summed E-state index contributed by atoms with van der Waals surface area (Å²) in [5.74, 6) is 1.27. The van der Waals surface area contributed by atoms with Crippen LogP contribution in [0.1, 0.15) is 21.5 Å². The van der Waals surface area contributed by atoms with Crippen molar-refractivity contribution >= 4 is 11.9 Å². The van der Waals surface area contributed by atoms with Crippen molar-refractivity contribution in [3.63, 3.8) is 0 Å². The van der Waals surface area contributed by atoms with Gasteiger partial charge in [0.2, 0.25) is 0 Å². The predicted molar refractivity (Wildman–Crippen MR) is 79.8 cm³/mol. The van der Waals surface area contributed by atoms with Crippen LogP contribution in [0.4, 0.5) is 0 Å². The Morgan fingerprint density at radius 2 is 1.76 bits per heavy atom. The molecule has 4 heteroatoms. The number of methoxy groups -OCH3 is 2. The molecule has 0 amide bonds. The number of pyridine rings is 1. The molecule has 1 aromatic heterocycles. The molecule has 0 bridgehead atoms. The minimum atomic E-state index is 0.0442. The molecule has 0 spiro atoms. The van der Waals surface area contributed by atoms with E-state index >= 15 is 0 Å². The fourth-order valence-corrected chi connectivity index (χ4v) is 2.51. The molecule has 0 atom stereocenters.